The number of rotatable bonds is 3. The quantitative estimate of drug-likeness (QED) is 0.516. The minimum atomic E-state index is -5.26. The van der Waals surface area contributed by atoms with E-state index in [4.69, 9.17) is 0 Å². The van der Waals surface area contributed by atoms with Gasteiger partial charge >= 0.3 is 64.1 Å². The minimum Gasteiger partial charge on any atom is -0.445 e. The summed E-state index contributed by atoms with van der Waals surface area (Å²) in [5.74, 6) is -3.64. The van der Waals surface area contributed by atoms with Gasteiger partial charge in [-0.15, -0.1) is 5.46 Å². The summed E-state index contributed by atoms with van der Waals surface area (Å²) >= 11 is 0. The zero-order valence-corrected chi connectivity index (χ0v) is 12.5. The Bertz CT molecular complexity index is 470. The summed E-state index contributed by atoms with van der Waals surface area (Å²) in [6.45, 7) is -5.26. The molecular weight excluding hydrogens is 293 g/mol. The fourth-order valence-electron chi connectivity index (χ4n) is 0.979. The Morgan fingerprint density at radius 1 is 1.00 bits per heavy atom. The molecule has 0 saturated carbocycles. The molecule has 1 rings (SSSR count). The van der Waals surface area contributed by atoms with Gasteiger partial charge in [0.15, 0.2) is 0 Å². The molecule has 0 aliphatic rings. The number of benzene rings is 1. The van der Waals surface area contributed by atoms with E-state index < -0.39 is 32.9 Å². The number of hydrogen-bond donors (Lipinski definition) is 0. The molecule has 0 bridgehead atoms. The second-order valence-electron chi connectivity index (χ2n) is 2.95. The molecule has 0 aliphatic heterocycles. The van der Waals surface area contributed by atoms with E-state index in [2.05, 4.69) is 0 Å². The SMILES string of the molecule is O=S(=O)(c1ccc([B-](F)(F)F)cc1)C(F)F.[K+]. The molecule has 0 unspecified atom stereocenters. The van der Waals surface area contributed by atoms with Crippen LogP contribution < -0.4 is 56.8 Å². The average molecular weight is 298 g/mol. The molecule has 1 aromatic carbocycles. The molecule has 0 fully saturated rings. The fourth-order valence-corrected chi connectivity index (χ4v) is 1.70. The molecule has 2 nitrogen and oxygen atoms in total. The van der Waals surface area contributed by atoms with Crippen LogP contribution in [0.4, 0.5) is 21.7 Å². The van der Waals surface area contributed by atoms with Gasteiger partial charge < -0.3 is 12.9 Å². The van der Waals surface area contributed by atoms with Crippen LogP contribution in [0.1, 0.15) is 0 Å². The van der Waals surface area contributed by atoms with Crippen LogP contribution in [0.25, 0.3) is 0 Å². The van der Waals surface area contributed by atoms with Crippen molar-refractivity contribution in [2.45, 2.75) is 10.7 Å². The molecule has 1 aromatic rings. The first-order valence-electron chi connectivity index (χ1n) is 3.97. The van der Waals surface area contributed by atoms with Crippen LogP contribution in [0.5, 0.6) is 0 Å². The van der Waals surface area contributed by atoms with Crippen LogP contribution >= 0.6 is 0 Å². The van der Waals surface area contributed by atoms with E-state index >= 15 is 0 Å². The van der Waals surface area contributed by atoms with Gasteiger partial charge in [0.1, 0.15) is 0 Å². The van der Waals surface area contributed by atoms with Gasteiger partial charge in [0.25, 0.3) is 0 Å². The first-order chi connectivity index (χ1) is 7.15. The average Bonchev–Trinajstić information content (AvgIpc) is 2.16. The van der Waals surface area contributed by atoms with E-state index in [1.165, 1.54) is 0 Å². The first-order valence-corrected chi connectivity index (χ1v) is 5.52. The van der Waals surface area contributed by atoms with E-state index in [0.29, 0.717) is 24.3 Å². The van der Waals surface area contributed by atoms with Crippen molar-refractivity contribution in [3.63, 3.8) is 0 Å². The Hall–Kier alpha value is 0.521. The van der Waals surface area contributed by atoms with Crippen LogP contribution in [0.2, 0.25) is 0 Å². The number of sulfone groups is 1. The van der Waals surface area contributed by atoms with Crippen molar-refractivity contribution < 1.29 is 81.5 Å². The Kier molecular flexibility index (Phi) is 6.30. The van der Waals surface area contributed by atoms with Crippen LogP contribution in [-0.4, -0.2) is 21.2 Å². The van der Waals surface area contributed by atoms with Crippen molar-refractivity contribution in [3.05, 3.63) is 24.3 Å². The molecular formula is C7H5BF5KO2S. The zero-order valence-electron chi connectivity index (χ0n) is 8.58. The Labute approximate surface area is 137 Å². The molecule has 0 amide bonds. The standard InChI is InChI=1S/C7H5BF5O2S.K/c9-7(10)16(14,15)6-3-1-5(2-4-6)8(11,12)13;/h1-4,7H;/q-1;+1. The van der Waals surface area contributed by atoms with Gasteiger partial charge in [-0.2, -0.15) is 8.78 Å². The number of halogens is 5. The van der Waals surface area contributed by atoms with Crippen molar-refractivity contribution in [1.82, 2.24) is 0 Å². The van der Waals surface area contributed by atoms with Gasteiger partial charge in [-0.05, 0) is 12.1 Å². The summed E-state index contributed by atoms with van der Waals surface area (Å²) in [4.78, 5) is -0.827. The molecule has 90 valence electrons. The third-order valence-corrected chi connectivity index (χ3v) is 3.22. The van der Waals surface area contributed by atoms with Gasteiger partial charge in [0.2, 0.25) is 9.84 Å². The molecule has 17 heavy (non-hydrogen) atoms. The molecule has 0 aromatic heterocycles. The molecule has 0 saturated heterocycles. The van der Waals surface area contributed by atoms with Crippen LogP contribution in [0.15, 0.2) is 29.2 Å². The third-order valence-electron chi connectivity index (χ3n) is 1.82. The van der Waals surface area contributed by atoms with Gasteiger partial charge in [-0.25, -0.2) is 8.42 Å². The van der Waals surface area contributed by atoms with Gasteiger partial charge in [0, 0.05) is 0 Å². The summed E-state index contributed by atoms with van der Waals surface area (Å²) < 4.78 is 82.2. The van der Waals surface area contributed by atoms with E-state index in [1.54, 1.807) is 0 Å². The molecule has 0 aliphatic carbocycles. The molecule has 0 atom stereocenters. The summed E-state index contributed by atoms with van der Waals surface area (Å²) in [6.07, 6.45) is 0. The molecule has 0 heterocycles. The normalized spacial score (nSPS) is 12.4. The number of hydrogen-bond acceptors (Lipinski definition) is 2. The van der Waals surface area contributed by atoms with E-state index in [1.807, 2.05) is 0 Å². The van der Waals surface area contributed by atoms with Crippen molar-refractivity contribution in [2.75, 3.05) is 0 Å². The first kappa shape index (κ1) is 17.5. The van der Waals surface area contributed by atoms with Gasteiger partial charge in [-0.3, -0.25) is 0 Å². The molecule has 0 spiro atoms. The monoisotopic (exact) mass is 298 g/mol. The Morgan fingerprint density at radius 3 is 1.71 bits per heavy atom. The van der Waals surface area contributed by atoms with Crippen LogP contribution in [0.3, 0.4) is 0 Å². The van der Waals surface area contributed by atoms with Crippen molar-refractivity contribution in [2.24, 2.45) is 0 Å². The van der Waals surface area contributed by atoms with Crippen molar-refractivity contribution in [3.8, 4) is 0 Å². The Balaban J connectivity index is 0.00000256. The maximum Gasteiger partial charge on any atom is 1.00 e. The van der Waals surface area contributed by atoms with E-state index in [9.17, 15) is 30.1 Å². The van der Waals surface area contributed by atoms with Crippen LogP contribution in [-0.2, 0) is 9.84 Å². The number of alkyl halides is 2. The predicted octanol–water partition coefficient (Wildman–Crippen LogP) is -1.26. The second-order valence-corrected chi connectivity index (χ2v) is 4.87. The molecule has 0 radical (unpaired) electrons. The smallest absolute Gasteiger partial charge is 0.445 e. The minimum absolute atomic E-state index is 0. The van der Waals surface area contributed by atoms with Crippen molar-refractivity contribution >= 4 is 22.3 Å². The third kappa shape index (κ3) is 4.28. The van der Waals surface area contributed by atoms with Gasteiger partial charge in [-0.1, -0.05) is 12.1 Å². The zero-order chi connectivity index (χ0) is 12.6. The second kappa shape index (κ2) is 6.11. The fraction of sp³-hybridized carbons (Fsp3) is 0.143. The summed E-state index contributed by atoms with van der Waals surface area (Å²) in [6, 6.07) is 1.97. The maximum absolute atomic E-state index is 12.1. The van der Waals surface area contributed by atoms with Gasteiger partial charge in [0.05, 0.1) is 4.90 Å². The largest absolute Gasteiger partial charge is 1.00 e. The summed E-state index contributed by atoms with van der Waals surface area (Å²) in [7, 11) is -4.83. The molecule has 10 heteroatoms. The van der Waals surface area contributed by atoms with E-state index in [0.717, 1.165) is 0 Å². The van der Waals surface area contributed by atoms with Crippen LogP contribution in [0, 0.1) is 0 Å². The predicted molar refractivity (Wildman–Crippen MR) is 48.3 cm³/mol. The van der Waals surface area contributed by atoms with Crippen molar-refractivity contribution in [1.29, 1.82) is 0 Å². The topological polar surface area (TPSA) is 34.1 Å². The molecule has 0 N–H and O–H groups in total. The Morgan fingerprint density at radius 2 is 1.41 bits per heavy atom. The maximum atomic E-state index is 12.1. The van der Waals surface area contributed by atoms with E-state index in [-0.39, 0.29) is 51.4 Å². The summed E-state index contributed by atoms with van der Waals surface area (Å²) in [5, 5.41) is 0. The summed E-state index contributed by atoms with van der Waals surface area (Å²) in [5.41, 5.74) is -1.03.